The summed E-state index contributed by atoms with van der Waals surface area (Å²) in [6, 6.07) is 0. The molecule has 0 aliphatic rings. The molecule has 0 aromatic heterocycles. The second-order valence-electron chi connectivity index (χ2n) is 8.24. The first kappa shape index (κ1) is 252. The molecular formula is H29N35O105Zn3. The maximum absolute atomic E-state index is 8.36. The van der Waals surface area contributed by atoms with Crippen molar-refractivity contribution in [2.24, 2.45) is 0 Å². The van der Waals surface area contributed by atoms with E-state index in [9.17, 15) is 0 Å². The van der Waals surface area contributed by atoms with Crippen LogP contribution >= 0.6 is 0 Å². The molecule has 143 heavy (non-hydrogen) atoms. The van der Waals surface area contributed by atoms with Crippen LogP contribution in [0.25, 0.3) is 0 Å². The van der Waals surface area contributed by atoms with Gasteiger partial charge in [0.1, 0.15) is 0 Å². The van der Waals surface area contributed by atoms with Gasteiger partial charge in [-0.05, 0) is 0 Å². The van der Waals surface area contributed by atoms with Crippen molar-refractivity contribution in [3.63, 3.8) is 0 Å². The molecule has 0 amide bonds. The monoisotopic (exact) mass is 2390 g/mol. The van der Waals surface area contributed by atoms with Gasteiger partial charge in [-0.15, -0.1) is 293 Å². The van der Waals surface area contributed by atoms with Crippen molar-refractivity contribution in [1.29, 1.82) is 0 Å². The molecule has 0 saturated heterocycles. The Bertz CT molecular complexity index is 2020. The Morgan fingerprint density at radius 1 is 0.0699 bits per heavy atom. The molecule has 0 aromatic rings. The van der Waals surface area contributed by atoms with Crippen molar-refractivity contribution in [1.82, 2.24) is 0 Å². The van der Waals surface area contributed by atoms with E-state index < -0.39 is 178 Å². The van der Waals surface area contributed by atoms with Gasteiger partial charge < -0.3 is 243 Å². The van der Waals surface area contributed by atoms with Gasteiger partial charge in [0.15, 0.2) is 0 Å². The molecule has 840 valence electrons. The predicted octanol–water partition coefficient (Wildman–Crippen LogP) is -11.5. The zero-order valence-electron chi connectivity index (χ0n) is 61.8. The first-order chi connectivity index (χ1) is 60.6. The Morgan fingerprint density at radius 3 is 0.0699 bits per heavy atom. The summed E-state index contributed by atoms with van der Waals surface area (Å²) >= 11 is 0. The Hall–Kier alpha value is -26.1. The van der Waals surface area contributed by atoms with Crippen LogP contribution in [0.15, 0.2) is 0 Å². The van der Waals surface area contributed by atoms with E-state index in [4.69, 9.17) is 536 Å². The first-order valence-electron chi connectivity index (χ1n) is 19.7. The molecule has 0 rings (SSSR count). The van der Waals surface area contributed by atoms with E-state index in [0.717, 1.165) is 0 Å². The minimum Gasteiger partial charge on any atom is -0.356 e. The maximum Gasteiger partial charge on any atom is 2.00 e. The smallest absolute Gasteiger partial charge is 0.356 e. The second kappa shape index (κ2) is 246. The zero-order chi connectivity index (χ0) is 125. The average molecular weight is 2400 g/mol. The van der Waals surface area contributed by atoms with Crippen molar-refractivity contribution in [2.75, 3.05) is 0 Å². The third kappa shape index (κ3) is 2200. The maximum atomic E-state index is 8.36. The van der Waals surface area contributed by atoms with Gasteiger partial charge in [0.2, 0.25) is 0 Å². The Balaban J connectivity index is -0.0000000220. The van der Waals surface area contributed by atoms with Gasteiger partial charge >= 0.3 is 58.4 Å². The molecule has 0 aliphatic carbocycles. The molecule has 140 nitrogen and oxygen atoms in total. The summed E-state index contributed by atoms with van der Waals surface area (Å²) in [5, 5.41) is 484. The van der Waals surface area contributed by atoms with E-state index in [1.54, 1.807) is 0 Å². The molecule has 0 bridgehead atoms. The van der Waals surface area contributed by atoms with Crippen molar-refractivity contribution >= 4 is 0 Å². The van der Waals surface area contributed by atoms with E-state index >= 15 is 0 Å². The van der Waals surface area contributed by atoms with Crippen LogP contribution in [-0.4, -0.2) is 329 Å². The van der Waals surface area contributed by atoms with Crippen LogP contribution in [0.3, 0.4) is 0 Å². The molecule has 0 fully saturated rings. The summed E-state index contributed by atoms with van der Waals surface area (Å²) in [5.74, 6) is 0. The fourth-order valence-electron chi connectivity index (χ4n) is 0. The van der Waals surface area contributed by atoms with Crippen molar-refractivity contribution < 1.29 is 387 Å². The molecule has 0 unspecified atom stereocenters. The van der Waals surface area contributed by atoms with Gasteiger partial charge in [-0.2, -0.15) is 0 Å². The summed E-state index contributed by atoms with van der Waals surface area (Å²) in [6.07, 6.45) is 0. The van der Waals surface area contributed by atoms with E-state index in [1.165, 1.54) is 0 Å². The largest absolute Gasteiger partial charge is 2.00 e. The van der Waals surface area contributed by atoms with Crippen molar-refractivity contribution in [3.8, 4) is 0 Å². The third-order valence-corrected chi connectivity index (χ3v) is 0. The molecule has 29 N–H and O–H groups in total. The zero-order valence-corrected chi connectivity index (χ0v) is 70.7. The summed E-state index contributed by atoms with van der Waals surface area (Å²) in [7, 11) is 0. The fourth-order valence-corrected chi connectivity index (χ4v) is 0. The fraction of sp³-hybridized carbons (Fsp3) is 0. The van der Waals surface area contributed by atoms with Crippen LogP contribution in [0.1, 0.15) is 0 Å². The standard InChI is InChI=1S/29HNO3.6NO3.3Zn/c35*2-1(3)4;;;/h29*(H,2,3,4);;;;;;;;;/q;;;;;;;;;;;;;;;;;;;;;;;;;;;;;6*-1;3*+2. The van der Waals surface area contributed by atoms with Crippen LogP contribution in [0.2, 0.25) is 0 Å². The van der Waals surface area contributed by atoms with Crippen LogP contribution in [0, 0.1) is 385 Å². The molecule has 0 spiro atoms. The molecule has 0 aromatic carbocycles. The average Bonchev–Trinajstić information content (AvgIpc) is 3.40. The van der Waals surface area contributed by atoms with Gasteiger partial charge in [0.05, 0.1) is 30.5 Å². The van der Waals surface area contributed by atoms with E-state index in [-0.39, 0.29) is 58.4 Å². The molecule has 0 atom stereocenters. The van der Waals surface area contributed by atoms with Gasteiger partial charge in [-0.1, -0.05) is 0 Å². The summed E-state index contributed by atoms with van der Waals surface area (Å²) in [6.45, 7) is 0. The minimum atomic E-state index is -1.75. The molecule has 0 radical (unpaired) electrons. The third-order valence-electron chi connectivity index (χ3n) is 0. The molecule has 0 heterocycles. The molecular weight excluding hydrogens is 2370 g/mol. The summed E-state index contributed by atoms with van der Waals surface area (Å²) in [4.78, 5) is 292. The Morgan fingerprint density at radius 2 is 0.0699 bits per heavy atom. The normalized spacial score (nSPS) is 5.87. The van der Waals surface area contributed by atoms with Crippen LogP contribution in [-0.2, 0) is 58.4 Å². The minimum absolute atomic E-state index is 0. The van der Waals surface area contributed by atoms with Gasteiger partial charge in [0, 0.05) is 0 Å². The Labute approximate surface area is 772 Å². The predicted molar refractivity (Wildman–Crippen MR) is 317 cm³/mol. The second-order valence-corrected chi connectivity index (χ2v) is 8.24. The summed E-state index contributed by atoms with van der Waals surface area (Å²) < 4.78 is 0. The van der Waals surface area contributed by atoms with Gasteiger partial charge in [0.25, 0.3) is 148 Å². The molecule has 143 heteroatoms. The molecule has 0 saturated carbocycles. The number of nitrogens with zero attached hydrogens (tertiary/aromatic N) is 35. The SMILES string of the molecule is O=[N+]([O-])O.O=[N+]([O-])O.O=[N+]([O-])O.O=[N+]([O-])O.O=[N+]([O-])O.O=[N+]([O-])O.O=[N+]([O-])O.O=[N+]([O-])O.O=[N+]([O-])O.O=[N+]([O-])O.O=[N+]([O-])O.O=[N+]([O-])O.O=[N+]([O-])O.O=[N+]([O-])O.O=[N+]([O-])O.O=[N+]([O-])O.O=[N+]([O-])O.O=[N+]([O-])O.O=[N+]([O-])O.O=[N+]([O-])O.O=[N+]([O-])O.O=[N+]([O-])O.O=[N+]([O-])O.O=[N+]([O-])O.O=[N+]([O-])O.O=[N+]([O-])O.O=[N+]([O-])O.O=[N+]([O-])O.O=[N+]([O-])O.O=[N+]([O-])[O-].O=[N+]([O-])[O-].O=[N+]([O-])[O-].O=[N+]([O-])[O-].O=[N+]([O-])[O-].O=[N+]([O-])[O-].[Zn+2].[Zn+2].[Zn+2]. The van der Waals surface area contributed by atoms with E-state index in [1.807, 2.05) is 0 Å². The quantitative estimate of drug-likeness (QED) is 0.0608. The van der Waals surface area contributed by atoms with E-state index in [0.29, 0.717) is 0 Å². The number of rotatable bonds is 0. The first-order valence-corrected chi connectivity index (χ1v) is 19.7. The topological polar surface area (TPSA) is 2230 Å². The number of hydrogen-bond acceptors (Lipinski definition) is 76. The van der Waals surface area contributed by atoms with Crippen LogP contribution in [0.4, 0.5) is 0 Å². The van der Waals surface area contributed by atoms with Crippen molar-refractivity contribution in [2.45, 2.75) is 0 Å². The van der Waals surface area contributed by atoms with Gasteiger partial charge in [-0.3, -0.25) is 0 Å². The summed E-state index contributed by atoms with van der Waals surface area (Å²) in [5.41, 5.74) is 0. The number of hydrogen-bond donors (Lipinski definition) is 29. The Kier molecular flexibility index (Phi) is 434. The van der Waals surface area contributed by atoms with E-state index in [2.05, 4.69) is 0 Å². The molecule has 0 aliphatic heterocycles. The van der Waals surface area contributed by atoms with Crippen LogP contribution < -0.4 is 0 Å². The van der Waals surface area contributed by atoms with Gasteiger partial charge in [-0.25, -0.2) is 0 Å². The van der Waals surface area contributed by atoms with Crippen LogP contribution in [0.5, 0.6) is 0 Å². The van der Waals surface area contributed by atoms with Crippen molar-refractivity contribution in [3.05, 3.63) is 385 Å².